The lowest BCUT2D eigenvalue weighted by Gasteiger charge is -2.28. The Morgan fingerprint density at radius 3 is 2.52 bits per heavy atom. The van der Waals surface area contributed by atoms with Gasteiger partial charge in [-0.3, -0.25) is 0 Å². The van der Waals surface area contributed by atoms with Gasteiger partial charge in [0, 0.05) is 18.8 Å². The van der Waals surface area contributed by atoms with E-state index in [0.717, 1.165) is 24.3 Å². The van der Waals surface area contributed by atoms with E-state index in [4.69, 9.17) is 9.47 Å². The van der Waals surface area contributed by atoms with Crippen molar-refractivity contribution in [1.29, 1.82) is 0 Å². The Morgan fingerprint density at radius 2 is 1.79 bits per heavy atom. The average molecular weight is 400 g/mol. The Kier molecular flexibility index (Phi) is 5.53. The highest BCUT2D eigenvalue weighted by molar-refractivity contribution is 6.13. The normalized spacial score (nSPS) is 18.2. The molecule has 1 saturated heterocycles. The van der Waals surface area contributed by atoms with Crippen molar-refractivity contribution in [2.24, 2.45) is 4.99 Å². The van der Waals surface area contributed by atoms with Crippen LogP contribution < -0.4 is 9.64 Å². The second kappa shape index (κ2) is 8.40. The molecular formula is C21H18F2N2O4. The van der Waals surface area contributed by atoms with E-state index in [0.29, 0.717) is 13.2 Å². The third-order valence-corrected chi connectivity index (χ3v) is 4.53. The fourth-order valence-electron chi connectivity index (χ4n) is 3.13. The highest BCUT2D eigenvalue weighted by atomic mass is 19.3. The molecule has 0 spiro atoms. The molecule has 8 heteroatoms. The molecule has 2 aromatic carbocycles. The molecule has 0 bridgehead atoms. The number of anilines is 1. The van der Waals surface area contributed by atoms with E-state index in [1.165, 1.54) is 12.1 Å². The van der Waals surface area contributed by atoms with Gasteiger partial charge in [0.1, 0.15) is 5.75 Å². The summed E-state index contributed by atoms with van der Waals surface area (Å²) in [6.45, 7) is 0.0764. The van der Waals surface area contributed by atoms with E-state index in [1.807, 2.05) is 24.3 Å². The van der Waals surface area contributed by atoms with Crippen LogP contribution in [0.2, 0.25) is 0 Å². The van der Waals surface area contributed by atoms with Crippen LogP contribution in [0.4, 0.5) is 14.5 Å². The lowest BCUT2D eigenvalue weighted by atomic mass is 10.1. The van der Waals surface area contributed by atoms with Gasteiger partial charge in [-0.1, -0.05) is 24.3 Å². The molecule has 0 aliphatic carbocycles. The lowest BCUT2D eigenvalue weighted by Crippen LogP contribution is -2.36. The van der Waals surface area contributed by atoms with Crippen molar-refractivity contribution in [3.05, 3.63) is 65.4 Å². The second-order valence-electron chi connectivity index (χ2n) is 6.40. The molecule has 0 atom stereocenters. The summed E-state index contributed by atoms with van der Waals surface area (Å²) in [5.41, 5.74) is 2.13. The van der Waals surface area contributed by atoms with Crippen LogP contribution in [0.25, 0.3) is 6.08 Å². The number of cyclic esters (lactones) is 1. The lowest BCUT2D eigenvalue weighted by molar-refractivity contribution is -0.129. The molecule has 2 aromatic rings. The van der Waals surface area contributed by atoms with E-state index in [-0.39, 0.29) is 22.9 Å². The molecule has 29 heavy (non-hydrogen) atoms. The van der Waals surface area contributed by atoms with Crippen LogP contribution in [0.1, 0.15) is 11.1 Å². The zero-order valence-electron chi connectivity index (χ0n) is 15.4. The maximum absolute atomic E-state index is 12.6. The van der Waals surface area contributed by atoms with E-state index < -0.39 is 12.6 Å². The monoisotopic (exact) mass is 400 g/mol. The van der Waals surface area contributed by atoms with Crippen molar-refractivity contribution in [3.63, 3.8) is 0 Å². The first-order chi connectivity index (χ1) is 14.1. The van der Waals surface area contributed by atoms with E-state index in [1.54, 1.807) is 18.2 Å². The molecule has 1 fully saturated rings. The number of halogens is 2. The van der Waals surface area contributed by atoms with Crippen LogP contribution in [0.15, 0.2) is 59.2 Å². The van der Waals surface area contributed by atoms with E-state index >= 15 is 0 Å². The molecule has 150 valence electrons. The first-order valence-corrected chi connectivity index (χ1v) is 9.10. The van der Waals surface area contributed by atoms with Crippen LogP contribution in [-0.2, 0) is 14.3 Å². The highest BCUT2D eigenvalue weighted by Gasteiger charge is 2.27. The minimum absolute atomic E-state index is 0.0672. The minimum atomic E-state index is -2.99. The van der Waals surface area contributed by atoms with E-state index in [2.05, 4.69) is 14.6 Å². The number of nitrogens with zero attached hydrogens (tertiary/aromatic N) is 2. The molecule has 2 aliphatic rings. The van der Waals surface area contributed by atoms with E-state index in [9.17, 15) is 13.6 Å². The van der Waals surface area contributed by atoms with Gasteiger partial charge in [0.25, 0.3) is 0 Å². The van der Waals surface area contributed by atoms with Crippen LogP contribution in [-0.4, -0.2) is 44.8 Å². The summed E-state index contributed by atoms with van der Waals surface area (Å²) in [5.74, 6) is -0.822. The molecule has 0 amide bonds. The maximum atomic E-state index is 12.6. The number of esters is 1. The van der Waals surface area contributed by atoms with Gasteiger partial charge >= 0.3 is 12.6 Å². The summed E-state index contributed by atoms with van der Waals surface area (Å²) in [7, 11) is 0. The quantitative estimate of drug-likeness (QED) is 0.568. The Hall–Kier alpha value is -3.26. The zero-order chi connectivity index (χ0) is 20.2. The van der Waals surface area contributed by atoms with Crippen molar-refractivity contribution >= 4 is 23.6 Å². The molecule has 4 rings (SSSR count). The van der Waals surface area contributed by atoms with Gasteiger partial charge < -0.3 is 19.1 Å². The third kappa shape index (κ3) is 4.43. The number of rotatable bonds is 5. The predicted molar refractivity (Wildman–Crippen MR) is 103 cm³/mol. The Bertz CT molecular complexity index is 951. The van der Waals surface area contributed by atoms with Gasteiger partial charge in [-0.15, -0.1) is 0 Å². The SMILES string of the molecule is O=C1OC(c2ccccc2OC(F)F)=N/C1=C\c1ccc(N2CCOCC2)cc1. The number of hydrogen-bond acceptors (Lipinski definition) is 6. The van der Waals surface area contributed by atoms with Crippen LogP contribution in [0, 0.1) is 0 Å². The minimum Gasteiger partial charge on any atom is -0.434 e. The number of carbonyl (C=O) groups is 1. The molecule has 0 unspecified atom stereocenters. The molecule has 0 radical (unpaired) electrons. The summed E-state index contributed by atoms with van der Waals surface area (Å²) in [6.07, 6.45) is 1.59. The van der Waals surface area contributed by atoms with Crippen LogP contribution >= 0.6 is 0 Å². The molecule has 2 heterocycles. The first kappa shape index (κ1) is 19.1. The highest BCUT2D eigenvalue weighted by Crippen LogP contribution is 2.27. The fraction of sp³-hybridized carbons (Fsp3) is 0.238. The Balaban J connectivity index is 1.55. The summed E-state index contributed by atoms with van der Waals surface area (Å²) >= 11 is 0. The number of carbonyl (C=O) groups excluding carboxylic acids is 1. The Morgan fingerprint density at radius 1 is 1.07 bits per heavy atom. The largest absolute Gasteiger partial charge is 0.434 e. The number of hydrogen-bond donors (Lipinski definition) is 0. The first-order valence-electron chi connectivity index (χ1n) is 9.10. The van der Waals surface area contributed by atoms with Crippen molar-refractivity contribution in [1.82, 2.24) is 0 Å². The molecule has 0 aromatic heterocycles. The summed E-state index contributed by atoms with van der Waals surface area (Å²) in [4.78, 5) is 18.6. The van der Waals surface area contributed by atoms with Crippen LogP contribution in [0.5, 0.6) is 5.75 Å². The number of ether oxygens (including phenoxy) is 3. The van der Waals surface area contributed by atoms with Gasteiger partial charge in [-0.05, 0) is 35.9 Å². The number of aliphatic imine (C=N–C) groups is 1. The number of alkyl halides is 2. The molecular weight excluding hydrogens is 382 g/mol. The standard InChI is InChI=1S/C21H18F2N2O4/c22-21(23)28-18-4-2-1-3-16(18)19-24-17(20(26)29-19)13-14-5-7-15(8-6-14)25-9-11-27-12-10-25/h1-8,13,21H,9-12H2/b17-13-. The number of para-hydroxylation sites is 1. The number of benzene rings is 2. The molecule has 6 nitrogen and oxygen atoms in total. The van der Waals surface area contributed by atoms with Gasteiger partial charge in [0.15, 0.2) is 5.70 Å². The van der Waals surface area contributed by atoms with Gasteiger partial charge in [-0.25, -0.2) is 9.79 Å². The van der Waals surface area contributed by atoms with Gasteiger partial charge in [0.2, 0.25) is 5.90 Å². The molecule has 0 N–H and O–H groups in total. The van der Waals surface area contributed by atoms with Crippen LogP contribution in [0.3, 0.4) is 0 Å². The zero-order valence-corrected chi connectivity index (χ0v) is 15.4. The molecule has 0 saturated carbocycles. The van der Waals surface area contributed by atoms with Gasteiger partial charge in [-0.2, -0.15) is 8.78 Å². The van der Waals surface area contributed by atoms with Crippen molar-refractivity contribution < 1.29 is 27.8 Å². The van der Waals surface area contributed by atoms with Gasteiger partial charge in [0.05, 0.1) is 18.8 Å². The number of morpholine rings is 1. The second-order valence-corrected chi connectivity index (χ2v) is 6.40. The van der Waals surface area contributed by atoms with Crippen molar-refractivity contribution in [3.8, 4) is 5.75 Å². The predicted octanol–water partition coefficient (Wildman–Crippen LogP) is 3.47. The van der Waals surface area contributed by atoms with Crippen molar-refractivity contribution in [2.45, 2.75) is 6.61 Å². The fourth-order valence-corrected chi connectivity index (χ4v) is 3.13. The average Bonchev–Trinajstić information content (AvgIpc) is 3.09. The maximum Gasteiger partial charge on any atom is 0.387 e. The summed E-state index contributed by atoms with van der Waals surface area (Å²) < 4.78 is 40.2. The molecule has 2 aliphatic heterocycles. The summed E-state index contributed by atoms with van der Waals surface area (Å²) in [5, 5.41) is 0. The smallest absolute Gasteiger partial charge is 0.387 e. The summed E-state index contributed by atoms with van der Waals surface area (Å²) in [6, 6.07) is 13.7. The van der Waals surface area contributed by atoms with Crippen molar-refractivity contribution in [2.75, 3.05) is 31.2 Å². The third-order valence-electron chi connectivity index (χ3n) is 4.53. The Labute approximate surface area is 166 Å². The topological polar surface area (TPSA) is 60.4 Å².